The molecule has 0 unspecified atom stereocenters. The zero-order valence-corrected chi connectivity index (χ0v) is 26.9. The Hall–Kier alpha value is -5.48. The SMILES string of the molecule is CCC1=C(C)C(=O)N/C1=C\c1[nH]c(C#CC#Cc2[nH]c(/C=C3/NC(=O)C(C)=C3CC)c(C)c2CCC(=O)O)c(CCC(=O)O)c1C. The van der Waals surface area contributed by atoms with Crippen molar-refractivity contribution in [1.29, 1.82) is 0 Å². The van der Waals surface area contributed by atoms with Gasteiger partial charge in [0, 0.05) is 46.8 Å². The minimum absolute atomic E-state index is 0.0765. The number of carboxylic acids is 2. The van der Waals surface area contributed by atoms with Crippen molar-refractivity contribution in [2.75, 3.05) is 0 Å². The summed E-state index contributed by atoms with van der Waals surface area (Å²) in [7, 11) is 0. The molecule has 0 fully saturated rings. The molecule has 0 radical (unpaired) electrons. The van der Waals surface area contributed by atoms with Crippen LogP contribution in [0, 0.1) is 37.5 Å². The number of rotatable bonds is 10. The molecule has 0 spiro atoms. The third-order valence-corrected chi connectivity index (χ3v) is 8.47. The number of allylic oxidation sites excluding steroid dienone is 2. The van der Waals surface area contributed by atoms with Crippen LogP contribution in [-0.4, -0.2) is 43.9 Å². The summed E-state index contributed by atoms with van der Waals surface area (Å²) in [5, 5.41) is 24.5. The zero-order chi connectivity index (χ0) is 33.7. The molecule has 2 aromatic heterocycles. The van der Waals surface area contributed by atoms with E-state index in [4.69, 9.17) is 0 Å². The van der Waals surface area contributed by atoms with Crippen molar-refractivity contribution < 1.29 is 29.4 Å². The topological polar surface area (TPSA) is 164 Å². The Labute approximate surface area is 268 Å². The van der Waals surface area contributed by atoms with E-state index in [1.807, 2.05) is 39.8 Å². The Morgan fingerprint density at radius 2 is 1.04 bits per heavy atom. The van der Waals surface area contributed by atoms with Gasteiger partial charge in [-0.05, 0) is 123 Å². The zero-order valence-electron chi connectivity index (χ0n) is 26.9. The maximum atomic E-state index is 12.3. The molecule has 2 aliphatic rings. The average molecular weight is 623 g/mol. The number of carboxylic acid groups (broad SMARTS) is 2. The minimum Gasteiger partial charge on any atom is -0.481 e. The van der Waals surface area contributed by atoms with E-state index in [1.54, 1.807) is 13.8 Å². The summed E-state index contributed by atoms with van der Waals surface area (Å²) in [6.45, 7) is 11.3. The third kappa shape index (κ3) is 7.08. The van der Waals surface area contributed by atoms with Gasteiger partial charge in [-0.1, -0.05) is 13.8 Å². The van der Waals surface area contributed by atoms with E-state index < -0.39 is 11.9 Å². The van der Waals surface area contributed by atoms with E-state index >= 15 is 0 Å². The molecular formula is C36H38N4O6. The van der Waals surface area contributed by atoms with Crippen LogP contribution in [0.25, 0.3) is 12.2 Å². The lowest BCUT2D eigenvalue weighted by Crippen LogP contribution is -2.15. The largest absolute Gasteiger partial charge is 0.481 e. The molecule has 10 nitrogen and oxygen atoms in total. The summed E-state index contributed by atoms with van der Waals surface area (Å²) >= 11 is 0. The van der Waals surface area contributed by atoms with E-state index in [-0.39, 0.29) is 37.5 Å². The minimum atomic E-state index is -0.926. The van der Waals surface area contributed by atoms with Gasteiger partial charge in [0.05, 0.1) is 11.4 Å². The van der Waals surface area contributed by atoms with Gasteiger partial charge in [-0.25, -0.2) is 0 Å². The smallest absolute Gasteiger partial charge is 0.303 e. The van der Waals surface area contributed by atoms with Crippen molar-refractivity contribution >= 4 is 35.9 Å². The van der Waals surface area contributed by atoms with Gasteiger partial charge >= 0.3 is 11.9 Å². The number of hydrogen-bond donors (Lipinski definition) is 6. The van der Waals surface area contributed by atoms with Gasteiger partial charge in [0.25, 0.3) is 11.8 Å². The van der Waals surface area contributed by atoms with Gasteiger partial charge in [-0.2, -0.15) is 0 Å². The average Bonchev–Trinajstić information content (AvgIpc) is 3.65. The first-order chi connectivity index (χ1) is 21.9. The van der Waals surface area contributed by atoms with Gasteiger partial charge < -0.3 is 30.8 Å². The Morgan fingerprint density at radius 1 is 0.674 bits per heavy atom. The summed E-state index contributed by atoms with van der Waals surface area (Å²) in [6.07, 6.45) is 5.43. The molecule has 46 heavy (non-hydrogen) atoms. The summed E-state index contributed by atoms with van der Waals surface area (Å²) in [4.78, 5) is 53.8. The van der Waals surface area contributed by atoms with Gasteiger partial charge in [0.15, 0.2) is 0 Å². The van der Waals surface area contributed by atoms with E-state index in [2.05, 4.69) is 44.3 Å². The Morgan fingerprint density at radius 3 is 1.37 bits per heavy atom. The fourth-order valence-electron chi connectivity index (χ4n) is 5.79. The number of H-pyrrole nitrogens is 2. The number of aromatic nitrogens is 2. The molecule has 10 heteroatoms. The van der Waals surface area contributed by atoms with Crippen molar-refractivity contribution in [3.63, 3.8) is 0 Å². The third-order valence-electron chi connectivity index (χ3n) is 8.47. The number of amides is 2. The highest BCUT2D eigenvalue weighted by Gasteiger charge is 2.24. The van der Waals surface area contributed by atoms with E-state index in [9.17, 15) is 29.4 Å². The van der Waals surface area contributed by atoms with Crippen LogP contribution in [0.4, 0.5) is 0 Å². The molecule has 0 atom stereocenters. The first kappa shape index (κ1) is 33.4. The van der Waals surface area contributed by atoms with E-state index in [1.165, 1.54) is 0 Å². The van der Waals surface area contributed by atoms with Gasteiger partial charge in [-0.3, -0.25) is 19.2 Å². The molecule has 2 aromatic rings. The lowest BCUT2D eigenvalue weighted by molar-refractivity contribution is -0.138. The van der Waals surface area contributed by atoms with Crippen molar-refractivity contribution in [2.45, 2.75) is 80.1 Å². The van der Waals surface area contributed by atoms with Crippen LogP contribution < -0.4 is 10.6 Å². The van der Waals surface area contributed by atoms with Gasteiger partial charge in [-0.15, -0.1) is 0 Å². The van der Waals surface area contributed by atoms with Crippen molar-refractivity contribution in [3.8, 4) is 23.7 Å². The monoisotopic (exact) mass is 622 g/mol. The van der Waals surface area contributed by atoms with Gasteiger partial charge in [0.1, 0.15) is 0 Å². The van der Waals surface area contributed by atoms with Crippen molar-refractivity contribution in [2.24, 2.45) is 0 Å². The summed E-state index contributed by atoms with van der Waals surface area (Å²) in [5.41, 5.74) is 10.3. The van der Waals surface area contributed by atoms with E-state index in [0.717, 1.165) is 44.8 Å². The summed E-state index contributed by atoms with van der Waals surface area (Å²) in [6, 6.07) is 0. The Bertz CT molecular complexity index is 1760. The number of hydrogen-bond acceptors (Lipinski definition) is 4. The standard InChI is InChI=1S/C36H38N4O6/c1-7-23-21(5)35(45)39-31(23)17-29-19(3)25(13-15-33(41)42)27(37-29)11-9-10-12-28-26(14-16-34(43)44)20(4)30(38-28)18-32-24(8-2)22(6)36(46)40-32/h17-18,37-38H,7-8,13-16H2,1-6H3,(H,39,45)(H,40,46)(H,41,42)(H,43,44)/b31-17-,32-18+. The van der Waals surface area contributed by atoms with Crippen LogP contribution in [0.15, 0.2) is 33.7 Å². The van der Waals surface area contributed by atoms with Crippen LogP contribution in [0.1, 0.15) is 98.4 Å². The summed E-state index contributed by atoms with van der Waals surface area (Å²) in [5.74, 6) is 9.67. The number of aromatic amines is 2. The molecule has 4 rings (SSSR count). The lowest BCUT2D eigenvalue weighted by Gasteiger charge is -2.03. The normalized spacial score (nSPS) is 16.0. The molecule has 0 aliphatic carbocycles. The molecule has 2 aliphatic heterocycles. The number of aliphatic carboxylic acids is 2. The first-order valence-corrected chi connectivity index (χ1v) is 15.2. The maximum absolute atomic E-state index is 12.3. The fraction of sp³-hybridized carbons (Fsp3) is 0.333. The molecule has 2 amide bonds. The quantitative estimate of drug-likeness (QED) is 0.209. The number of carbonyl (C=O) groups is 4. The molecule has 0 bridgehead atoms. The second-order valence-corrected chi connectivity index (χ2v) is 11.3. The maximum Gasteiger partial charge on any atom is 0.303 e. The van der Waals surface area contributed by atoms with Crippen LogP contribution in [0.3, 0.4) is 0 Å². The fourth-order valence-corrected chi connectivity index (χ4v) is 5.79. The van der Waals surface area contributed by atoms with Gasteiger partial charge in [0.2, 0.25) is 0 Å². The molecule has 0 aromatic carbocycles. The Balaban J connectivity index is 1.72. The highest BCUT2D eigenvalue weighted by molar-refractivity contribution is 6.01. The van der Waals surface area contributed by atoms with Crippen LogP contribution >= 0.6 is 0 Å². The molecule has 0 saturated carbocycles. The molecule has 6 N–H and O–H groups in total. The highest BCUT2D eigenvalue weighted by Crippen LogP contribution is 2.29. The predicted molar refractivity (Wildman–Crippen MR) is 175 cm³/mol. The first-order valence-electron chi connectivity index (χ1n) is 15.2. The van der Waals surface area contributed by atoms with Crippen LogP contribution in [0.2, 0.25) is 0 Å². The van der Waals surface area contributed by atoms with Crippen molar-refractivity contribution in [3.05, 3.63) is 78.7 Å². The van der Waals surface area contributed by atoms with E-state index in [0.29, 0.717) is 46.8 Å². The Kier molecular flexibility index (Phi) is 10.2. The summed E-state index contributed by atoms with van der Waals surface area (Å²) < 4.78 is 0. The second kappa shape index (κ2) is 14.1. The number of nitrogens with one attached hydrogen (secondary N) is 4. The van der Waals surface area contributed by atoms with Crippen molar-refractivity contribution in [1.82, 2.24) is 20.6 Å². The van der Waals surface area contributed by atoms with Crippen LogP contribution in [-0.2, 0) is 32.0 Å². The molecule has 0 saturated heterocycles. The number of carbonyl (C=O) groups excluding carboxylic acids is 2. The second-order valence-electron chi connectivity index (χ2n) is 11.3. The predicted octanol–water partition coefficient (Wildman–Crippen LogP) is 4.79. The lowest BCUT2D eigenvalue weighted by atomic mass is 10.0. The highest BCUT2D eigenvalue weighted by atomic mass is 16.4. The van der Waals surface area contributed by atoms with Crippen LogP contribution in [0.5, 0.6) is 0 Å². The molecule has 4 heterocycles. The molecular weight excluding hydrogens is 584 g/mol. The molecule has 238 valence electrons.